The Hall–Kier alpha value is -2.35. The molecule has 0 amide bonds. The van der Waals surface area contributed by atoms with Gasteiger partial charge in [-0.1, -0.05) is 19.3 Å². The van der Waals surface area contributed by atoms with Crippen molar-refractivity contribution in [2.75, 3.05) is 5.73 Å². The van der Waals surface area contributed by atoms with Gasteiger partial charge in [0, 0.05) is 24.2 Å². The zero-order valence-electron chi connectivity index (χ0n) is 12.2. The SMILES string of the molecule is Cn1cncc1-c1cc(C2CCCCC2)nc(N)c1C#N. The summed E-state index contributed by atoms with van der Waals surface area (Å²) in [6.45, 7) is 0. The van der Waals surface area contributed by atoms with Gasteiger partial charge in [-0.05, 0) is 18.9 Å². The lowest BCUT2D eigenvalue weighted by Crippen LogP contribution is -2.10. The molecule has 21 heavy (non-hydrogen) atoms. The second kappa shape index (κ2) is 5.57. The number of hydrogen-bond acceptors (Lipinski definition) is 4. The van der Waals surface area contributed by atoms with Crippen molar-refractivity contribution in [3.05, 3.63) is 29.8 Å². The summed E-state index contributed by atoms with van der Waals surface area (Å²) in [6, 6.07) is 4.21. The van der Waals surface area contributed by atoms with Gasteiger partial charge in [0.15, 0.2) is 0 Å². The molecule has 0 spiro atoms. The molecule has 5 heteroatoms. The highest BCUT2D eigenvalue weighted by atomic mass is 15.0. The average Bonchev–Trinajstić information content (AvgIpc) is 2.93. The first-order valence-electron chi connectivity index (χ1n) is 7.38. The van der Waals surface area contributed by atoms with E-state index >= 15 is 0 Å². The number of aromatic nitrogens is 3. The van der Waals surface area contributed by atoms with Crippen molar-refractivity contribution >= 4 is 5.82 Å². The predicted octanol–water partition coefficient (Wildman–Crippen LogP) is 2.98. The van der Waals surface area contributed by atoms with E-state index in [1.54, 1.807) is 12.5 Å². The molecule has 3 rings (SSSR count). The summed E-state index contributed by atoms with van der Waals surface area (Å²) in [5.41, 5.74) is 9.23. The fourth-order valence-electron chi connectivity index (χ4n) is 3.13. The van der Waals surface area contributed by atoms with Crippen molar-refractivity contribution in [3.63, 3.8) is 0 Å². The first-order chi connectivity index (χ1) is 10.2. The van der Waals surface area contributed by atoms with Crippen LogP contribution in [0.4, 0.5) is 5.82 Å². The van der Waals surface area contributed by atoms with Gasteiger partial charge in [0.05, 0.1) is 18.2 Å². The zero-order chi connectivity index (χ0) is 14.8. The number of nitrogens with zero attached hydrogens (tertiary/aromatic N) is 4. The molecule has 1 aliphatic rings. The molecule has 1 fully saturated rings. The molecule has 0 aliphatic heterocycles. The molecule has 0 unspecified atom stereocenters. The van der Waals surface area contributed by atoms with Gasteiger partial charge >= 0.3 is 0 Å². The van der Waals surface area contributed by atoms with Crippen LogP contribution in [0.3, 0.4) is 0 Å². The van der Waals surface area contributed by atoms with Crippen LogP contribution >= 0.6 is 0 Å². The van der Waals surface area contributed by atoms with Gasteiger partial charge in [-0.15, -0.1) is 0 Å². The van der Waals surface area contributed by atoms with E-state index in [1.165, 1.54) is 19.3 Å². The second-order valence-electron chi connectivity index (χ2n) is 5.69. The van der Waals surface area contributed by atoms with E-state index in [-0.39, 0.29) is 0 Å². The molecule has 2 N–H and O–H groups in total. The molecule has 0 saturated heterocycles. The van der Waals surface area contributed by atoms with Gasteiger partial charge < -0.3 is 10.3 Å². The lowest BCUT2D eigenvalue weighted by Gasteiger charge is -2.22. The highest BCUT2D eigenvalue weighted by Gasteiger charge is 2.21. The van der Waals surface area contributed by atoms with Crippen LogP contribution in [-0.2, 0) is 7.05 Å². The smallest absolute Gasteiger partial charge is 0.142 e. The number of nitrogen functional groups attached to an aromatic ring is 1. The molecule has 2 heterocycles. The minimum absolute atomic E-state index is 0.330. The predicted molar refractivity (Wildman–Crippen MR) is 81.4 cm³/mol. The Kier molecular flexibility index (Phi) is 3.61. The molecule has 0 radical (unpaired) electrons. The van der Waals surface area contributed by atoms with E-state index in [2.05, 4.69) is 16.0 Å². The van der Waals surface area contributed by atoms with Crippen LogP contribution in [0.1, 0.15) is 49.3 Å². The Morgan fingerprint density at radius 2 is 2.10 bits per heavy atom. The minimum Gasteiger partial charge on any atom is -0.383 e. The Labute approximate surface area is 124 Å². The summed E-state index contributed by atoms with van der Waals surface area (Å²) >= 11 is 0. The maximum atomic E-state index is 9.39. The Balaban J connectivity index is 2.11. The lowest BCUT2D eigenvalue weighted by atomic mass is 9.85. The van der Waals surface area contributed by atoms with Crippen molar-refractivity contribution in [2.45, 2.75) is 38.0 Å². The number of rotatable bonds is 2. The second-order valence-corrected chi connectivity index (χ2v) is 5.69. The van der Waals surface area contributed by atoms with Crippen LogP contribution in [-0.4, -0.2) is 14.5 Å². The maximum absolute atomic E-state index is 9.39. The third kappa shape index (κ3) is 2.49. The van der Waals surface area contributed by atoms with Crippen molar-refractivity contribution in [1.29, 1.82) is 5.26 Å². The Bertz CT molecular complexity index is 689. The van der Waals surface area contributed by atoms with Crippen molar-refractivity contribution in [1.82, 2.24) is 14.5 Å². The molecule has 108 valence electrons. The normalized spacial score (nSPS) is 15.8. The zero-order valence-corrected chi connectivity index (χ0v) is 12.2. The first-order valence-corrected chi connectivity index (χ1v) is 7.38. The molecule has 2 aromatic rings. The lowest BCUT2D eigenvalue weighted by molar-refractivity contribution is 0.437. The molecule has 0 aromatic carbocycles. The standard InChI is InChI=1S/C16H19N5/c1-21-10-19-9-15(21)12-7-14(11-5-3-2-4-6-11)20-16(18)13(12)8-17/h7,9-11H,2-6H2,1H3,(H2,18,20). The van der Waals surface area contributed by atoms with Gasteiger partial charge in [0.25, 0.3) is 0 Å². The largest absolute Gasteiger partial charge is 0.383 e. The van der Waals surface area contributed by atoms with Crippen molar-refractivity contribution in [2.24, 2.45) is 7.05 Å². The van der Waals surface area contributed by atoms with Crippen LogP contribution in [0.5, 0.6) is 0 Å². The van der Waals surface area contributed by atoms with Gasteiger partial charge in [-0.2, -0.15) is 5.26 Å². The summed E-state index contributed by atoms with van der Waals surface area (Å²) in [6.07, 6.45) is 9.59. The van der Waals surface area contributed by atoms with E-state index < -0.39 is 0 Å². The number of nitrogens with two attached hydrogens (primary N) is 1. The third-order valence-corrected chi connectivity index (χ3v) is 4.30. The molecule has 1 aliphatic carbocycles. The summed E-state index contributed by atoms with van der Waals surface area (Å²) in [4.78, 5) is 8.63. The molecule has 2 aromatic heterocycles. The van der Waals surface area contributed by atoms with E-state index in [4.69, 9.17) is 5.73 Å². The molecule has 1 saturated carbocycles. The number of anilines is 1. The minimum atomic E-state index is 0.330. The van der Waals surface area contributed by atoms with Crippen LogP contribution in [0.2, 0.25) is 0 Å². The summed E-state index contributed by atoms with van der Waals surface area (Å²) < 4.78 is 1.90. The molecular formula is C16H19N5. The van der Waals surface area contributed by atoms with E-state index in [9.17, 15) is 5.26 Å². The fourth-order valence-corrected chi connectivity index (χ4v) is 3.13. The van der Waals surface area contributed by atoms with Gasteiger partial charge in [0.2, 0.25) is 0 Å². The van der Waals surface area contributed by atoms with E-state index in [1.807, 2.05) is 17.7 Å². The van der Waals surface area contributed by atoms with Crippen LogP contribution in [0.25, 0.3) is 11.3 Å². The van der Waals surface area contributed by atoms with E-state index in [0.29, 0.717) is 17.3 Å². The summed E-state index contributed by atoms with van der Waals surface area (Å²) in [5.74, 6) is 0.789. The third-order valence-electron chi connectivity index (χ3n) is 4.30. The van der Waals surface area contributed by atoms with Crippen molar-refractivity contribution in [3.8, 4) is 17.3 Å². The number of pyridine rings is 1. The van der Waals surface area contributed by atoms with Crippen LogP contribution < -0.4 is 5.73 Å². The Morgan fingerprint density at radius 1 is 1.33 bits per heavy atom. The maximum Gasteiger partial charge on any atom is 0.142 e. The number of aryl methyl sites for hydroxylation is 1. The van der Waals surface area contributed by atoms with Gasteiger partial charge in [-0.3, -0.25) is 0 Å². The number of nitriles is 1. The Morgan fingerprint density at radius 3 is 2.71 bits per heavy atom. The van der Waals surface area contributed by atoms with Gasteiger partial charge in [-0.25, -0.2) is 9.97 Å². The summed E-state index contributed by atoms with van der Waals surface area (Å²) in [7, 11) is 1.92. The highest BCUT2D eigenvalue weighted by molar-refractivity contribution is 5.73. The number of hydrogen-bond donors (Lipinski definition) is 1. The molecule has 0 bridgehead atoms. The molecule has 0 atom stereocenters. The van der Waals surface area contributed by atoms with E-state index in [0.717, 1.165) is 29.8 Å². The van der Waals surface area contributed by atoms with Gasteiger partial charge in [0.1, 0.15) is 17.5 Å². The van der Waals surface area contributed by atoms with Crippen LogP contribution in [0.15, 0.2) is 18.6 Å². The number of imidazole rings is 1. The quantitative estimate of drug-likeness (QED) is 0.917. The summed E-state index contributed by atoms with van der Waals surface area (Å²) in [5, 5.41) is 9.39. The monoisotopic (exact) mass is 281 g/mol. The average molecular weight is 281 g/mol. The molecular weight excluding hydrogens is 262 g/mol. The fraction of sp³-hybridized carbons (Fsp3) is 0.438. The van der Waals surface area contributed by atoms with Crippen LogP contribution in [0, 0.1) is 11.3 Å². The molecule has 5 nitrogen and oxygen atoms in total. The first kappa shape index (κ1) is 13.6. The van der Waals surface area contributed by atoms with Crippen molar-refractivity contribution < 1.29 is 0 Å². The topological polar surface area (TPSA) is 80.5 Å². The highest BCUT2D eigenvalue weighted by Crippen LogP contribution is 2.35.